The van der Waals surface area contributed by atoms with Gasteiger partial charge in [0.1, 0.15) is 10.8 Å². The summed E-state index contributed by atoms with van der Waals surface area (Å²) < 4.78 is 4.56. The molecule has 2 aromatic heterocycles. The van der Waals surface area contributed by atoms with Crippen LogP contribution in [0.4, 0.5) is 0 Å². The van der Waals surface area contributed by atoms with E-state index in [4.69, 9.17) is 23.2 Å². The number of ether oxygens (including phenoxy) is 1. The number of halogens is 2. The number of carbonyl (C=O) groups is 1. The van der Waals surface area contributed by atoms with Crippen molar-refractivity contribution in [2.24, 2.45) is 0 Å². The van der Waals surface area contributed by atoms with Crippen LogP contribution in [-0.4, -0.2) is 33.0 Å². The molecule has 0 amide bonds. The molecule has 0 aromatic carbocycles. The molecule has 8 heteroatoms. The van der Waals surface area contributed by atoms with Gasteiger partial charge in [0, 0.05) is 12.3 Å². The van der Waals surface area contributed by atoms with Gasteiger partial charge in [-0.3, -0.25) is 0 Å². The van der Waals surface area contributed by atoms with E-state index in [0.29, 0.717) is 5.69 Å². The highest BCUT2D eigenvalue weighted by Crippen LogP contribution is 2.18. The summed E-state index contributed by atoms with van der Waals surface area (Å²) in [7, 11) is 1.27. The van der Waals surface area contributed by atoms with Crippen molar-refractivity contribution in [1.29, 1.82) is 0 Å². The number of rotatable bonds is 2. The zero-order valence-electron chi connectivity index (χ0n) is 9.09. The second kappa shape index (κ2) is 5.24. The summed E-state index contributed by atoms with van der Waals surface area (Å²) in [5.41, 5.74) is 0.444. The van der Waals surface area contributed by atoms with Crippen LogP contribution in [0.15, 0.2) is 18.3 Å². The average Bonchev–Trinajstić information content (AvgIpc) is 2.37. The minimum absolute atomic E-state index is 0.0235. The quantitative estimate of drug-likeness (QED) is 0.477. The van der Waals surface area contributed by atoms with E-state index in [1.165, 1.54) is 25.4 Å². The van der Waals surface area contributed by atoms with Gasteiger partial charge in [0.15, 0.2) is 11.5 Å². The number of methoxy groups -OCH3 is 1. The van der Waals surface area contributed by atoms with E-state index in [1.54, 1.807) is 0 Å². The highest BCUT2D eigenvalue weighted by atomic mass is 35.5. The fraction of sp³-hybridized carbons (Fsp3) is 0.100. The molecule has 0 saturated heterocycles. The lowest BCUT2D eigenvalue weighted by atomic mass is 10.3. The minimum Gasteiger partial charge on any atom is -0.464 e. The van der Waals surface area contributed by atoms with Crippen LogP contribution in [0.5, 0.6) is 0 Å². The lowest BCUT2D eigenvalue weighted by Crippen LogP contribution is -2.06. The molecule has 0 fully saturated rings. The van der Waals surface area contributed by atoms with E-state index in [-0.39, 0.29) is 22.0 Å². The van der Waals surface area contributed by atoms with Gasteiger partial charge in [-0.2, -0.15) is 0 Å². The third-order valence-electron chi connectivity index (χ3n) is 1.95. The number of esters is 1. The zero-order valence-corrected chi connectivity index (χ0v) is 10.6. The van der Waals surface area contributed by atoms with E-state index in [2.05, 4.69) is 24.7 Å². The Morgan fingerprint density at radius 3 is 2.72 bits per heavy atom. The first-order chi connectivity index (χ1) is 8.60. The van der Waals surface area contributed by atoms with Crippen molar-refractivity contribution in [3.8, 4) is 11.5 Å². The highest BCUT2D eigenvalue weighted by Gasteiger charge is 2.12. The molecular weight excluding hydrogens is 279 g/mol. The van der Waals surface area contributed by atoms with Crippen LogP contribution < -0.4 is 0 Å². The molecule has 0 spiro atoms. The van der Waals surface area contributed by atoms with Crippen LogP contribution in [-0.2, 0) is 4.74 Å². The van der Waals surface area contributed by atoms with E-state index in [1.807, 2.05) is 0 Å². The predicted octanol–water partition coefficient (Wildman–Crippen LogP) is 2.03. The number of hydrogen-bond donors (Lipinski definition) is 0. The lowest BCUT2D eigenvalue weighted by molar-refractivity contribution is 0.0594. The van der Waals surface area contributed by atoms with Gasteiger partial charge in [0.2, 0.25) is 5.28 Å². The number of hydrogen-bond acceptors (Lipinski definition) is 6. The van der Waals surface area contributed by atoms with Crippen molar-refractivity contribution in [3.05, 3.63) is 34.5 Å². The molecule has 0 atom stereocenters. The summed E-state index contributed by atoms with van der Waals surface area (Å²) in [6.07, 6.45) is 1.42. The topological polar surface area (TPSA) is 77.9 Å². The van der Waals surface area contributed by atoms with Crippen LogP contribution in [0.25, 0.3) is 11.5 Å². The van der Waals surface area contributed by atoms with Crippen molar-refractivity contribution in [3.63, 3.8) is 0 Å². The fourth-order valence-electron chi connectivity index (χ4n) is 1.20. The Kier molecular flexibility index (Phi) is 3.69. The maximum atomic E-state index is 11.3. The van der Waals surface area contributed by atoms with Gasteiger partial charge in [-0.25, -0.2) is 24.7 Å². The zero-order chi connectivity index (χ0) is 13.1. The highest BCUT2D eigenvalue weighted by molar-refractivity contribution is 6.32. The van der Waals surface area contributed by atoms with Crippen molar-refractivity contribution in [2.75, 3.05) is 7.11 Å². The molecule has 0 N–H and O–H groups in total. The molecule has 0 aliphatic carbocycles. The van der Waals surface area contributed by atoms with Crippen molar-refractivity contribution >= 4 is 29.2 Å². The molecule has 18 heavy (non-hydrogen) atoms. The van der Waals surface area contributed by atoms with Crippen LogP contribution in [0, 0.1) is 0 Å². The van der Waals surface area contributed by atoms with Crippen LogP contribution in [0.2, 0.25) is 10.4 Å². The molecule has 2 aromatic rings. The van der Waals surface area contributed by atoms with E-state index in [0.717, 1.165) is 0 Å². The molecule has 0 radical (unpaired) electrons. The Bertz CT molecular complexity index is 586. The van der Waals surface area contributed by atoms with Gasteiger partial charge < -0.3 is 4.74 Å². The van der Waals surface area contributed by atoms with Crippen molar-refractivity contribution < 1.29 is 9.53 Å². The summed E-state index contributed by atoms with van der Waals surface area (Å²) in [5.74, 6) is -0.353. The van der Waals surface area contributed by atoms with Crippen LogP contribution in [0.1, 0.15) is 10.5 Å². The monoisotopic (exact) mass is 284 g/mol. The third kappa shape index (κ3) is 2.72. The standard InChI is InChI=1S/C10H6Cl2N4O2/c1-18-9(17)5-2-3-13-8(14-5)6-4-7(11)16-10(12)15-6/h2-4H,1H3. The number of carbonyl (C=O) groups excluding carboxylic acids is 1. The Morgan fingerprint density at radius 1 is 1.28 bits per heavy atom. The summed E-state index contributed by atoms with van der Waals surface area (Å²) in [5, 5.41) is 0.140. The van der Waals surface area contributed by atoms with Crippen molar-refractivity contribution in [2.45, 2.75) is 0 Å². The van der Waals surface area contributed by atoms with Gasteiger partial charge in [0.25, 0.3) is 0 Å². The smallest absolute Gasteiger partial charge is 0.356 e. The van der Waals surface area contributed by atoms with Gasteiger partial charge in [-0.05, 0) is 17.7 Å². The molecule has 2 heterocycles. The number of nitrogens with zero attached hydrogens (tertiary/aromatic N) is 4. The summed E-state index contributed by atoms with van der Waals surface area (Å²) >= 11 is 11.4. The third-order valence-corrected chi connectivity index (χ3v) is 2.31. The summed E-state index contributed by atoms with van der Waals surface area (Å²) in [6, 6.07) is 2.88. The molecule has 2 rings (SSSR count). The Hall–Kier alpha value is -1.79. The maximum Gasteiger partial charge on any atom is 0.356 e. The summed E-state index contributed by atoms with van der Waals surface area (Å²) in [4.78, 5) is 26.9. The molecule has 0 unspecified atom stereocenters. The second-order valence-electron chi connectivity index (χ2n) is 3.10. The van der Waals surface area contributed by atoms with E-state index >= 15 is 0 Å². The molecular formula is C10H6Cl2N4O2. The van der Waals surface area contributed by atoms with Crippen molar-refractivity contribution in [1.82, 2.24) is 19.9 Å². The lowest BCUT2D eigenvalue weighted by Gasteiger charge is -2.02. The largest absolute Gasteiger partial charge is 0.464 e. The fourth-order valence-corrected chi connectivity index (χ4v) is 1.61. The minimum atomic E-state index is -0.565. The van der Waals surface area contributed by atoms with Crippen LogP contribution in [0.3, 0.4) is 0 Å². The molecule has 0 aliphatic rings. The van der Waals surface area contributed by atoms with Gasteiger partial charge in [0.05, 0.1) is 7.11 Å². The Morgan fingerprint density at radius 2 is 2.06 bits per heavy atom. The normalized spacial score (nSPS) is 10.2. The molecule has 92 valence electrons. The molecule has 6 nitrogen and oxygen atoms in total. The Labute approximate surface area is 112 Å². The maximum absolute atomic E-state index is 11.3. The first-order valence-corrected chi connectivity index (χ1v) is 5.47. The molecule has 0 saturated carbocycles. The SMILES string of the molecule is COC(=O)c1ccnc(-c2cc(Cl)nc(Cl)n2)n1. The average molecular weight is 285 g/mol. The Balaban J connectivity index is 2.47. The van der Waals surface area contributed by atoms with Gasteiger partial charge in [-0.15, -0.1) is 0 Å². The predicted molar refractivity (Wildman–Crippen MR) is 64.4 cm³/mol. The van der Waals surface area contributed by atoms with Crippen LogP contribution >= 0.6 is 23.2 Å². The molecule has 0 aliphatic heterocycles. The van der Waals surface area contributed by atoms with E-state index in [9.17, 15) is 4.79 Å². The van der Waals surface area contributed by atoms with Gasteiger partial charge in [-0.1, -0.05) is 11.6 Å². The van der Waals surface area contributed by atoms with E-state index < -0.39 is 5.97 Å². The first-order valence-electron chi connectivity index (χ1n) is 4.72. The molecule has 0 bridgehead atoms. The number of aromatic nitrogens is 4. The first kappa shape index (κ1) is 12.7. The summed E-state index contributed by atoms with van der Waals surface area (Å²) in [6.45, 7) is 0. The second-order valence-corrected chi connectivity index (χ2v) is 3.83. The van der Waals surface area contributed by atoms with Gasteiger partial charge >= 0.3 is 5.97 Å².